The van der Waals surface area contributed by atoms with Gasteiger partial charge in [0.2, 0.25) is 11.8 Å². The normalized spacial score (nSPS) is 17.7. The molecule has 0 radical (unpaired) electrons. The third-order valence-electron chi connectivity index (χ3n) is 15.4. The van der Waals surface area contributed by atoms with Gasteiger partial charge in [0.25, 0.3) is 17.7 Å². The largest absolute Gasteiger partial charge is 0.493 e. The number of hydrogen-bond acceptors (Lipinski definition) is 12. The summed E-state index contributed by atoms with van der Waals surface area (Å²) in [6.45, 7) is 13.1. The number of carbonyl (C=O) groups is 6. The number of likely N-dealkylation sites (tertiary alicyclic amines) is 1. The zero-order chi connectivity index (χ0) is 58.2. The number of ether oxygens (including phenoxy) is 1. The van der Waals surface area contributed by atoms with Crippen molar-refractivity contribution in [2.45, 2.75) is 148 Å². The number of rotatable bonds is 24. The number of aliphatic hydroxyl groups is 1. The molecular formula is C60H78FN11O8S. The molecule has 2 aromatic heterocycles. The number of alkyl halides is 1. The van der Waals surface area contributed by atoms with Gasteiger partial charge in [-0.3, -0.25) is 29.1 Å². The van der Waals surface area contributed by atoms with E-state index in [2.05, 4.69) is 41.8 Å². The van der Waals surface area contributed by atoms with E-state index in [4.69, 9.17) is 4.74 Å². The minimum atomic E-state index is -1.98. The minimum Gasteiger partial charge on any atom is -0.493 e. The number of H-pyrrole nitrogens is 1. The molecule has 2 fully saturated rings. The van der Waals surface area contributed by atoms with Crippen LogP contribution in [0.2, 0.25) is 0 Å². The van der Waals surface area contributed by atoms with Gasteiger partial charge in [0, 0.05) is 48.4 Å². The first-order chi connectivity index (χ1) is 38.5. The van der Waals surface area contributed by atoms with Crippen molar-refractivity contribution in [1.82, 2.24) is 51.1 Å². The second-order valence-corrected chi connectivity index (χ2v) is 24.2. The summed E-state index contributed by atoms with van der Waals surface area (Å²) in [6.07, 6.45) is 4.60. The van der Waals surface area contributed by atoms with Crippen LogP contribution in [-0.4, -0.2) is 135 Å². The molecule has 8 rings (SSSR count). The van der Waals surface area contributed by atoms with Gasteiger partial charge in [-0.25, -0.2) is 14.2 Å². The molecule has 7 N–H and O–H groups in total. The van der Waals surface area contributed by atoms with Crippen molar-refractivity contribution in [3.05, 3.63) is 118 Å². The quantitative estimate of drug-likeness (QED) is 0.0293. The number of aliphatic hydroxyl groups excluding tert-OH is 1. The molecule has 1 saturated carbocycles. The van der Waals surface area contributed by atoms with Crippen LogP contribution in [0.15, 0.2) is 78.3 Å². The van der Waals surface area contributed by atoms with Gasteiger partial charge in [-0.2, -0.15) is 5.10 Å². The van der Waals surface area contributed by atoms with Crippen molar-refractivity contribution < 1.29 is 43.0 Å². The second kappa shape index (κ2) is 25.7. The van der Waals surface area contributed by atoms with Crippen LogP contribution in [0.25, 0.3) is 10.4 Å². The molecule has 21 heteroatoms. The van der Waals surface area contributed by atoms with Crippen molar-refractivity contribution in [3.63, 3.8) is 0 Å². The molecule has 1 saturated heterocycles. The summed E-state index contributed by atoms with van der Waals surface area (Å²) < 4.78 is 21.0. The molecule has 3 aromatic carbocycles. The van der Waals surface area contributed by atoms with E-state index < -0.39 is 58.4 Å². The smallest absolute Gasteiger partial charge is 0.319 e. The lowest BCUT2D eigenvalue weighted by Gasteiger charge is -2.36. The topological polar surface area (TPSA) is 243 Å². The maximum absolute atomic E-state index is 14.7. The molecular weight excluding hydrogens is 1050 g/mol. The zero-order valence-electron chi connectivity index (χ0n) is 47.7. The van der Waals surface area contributed by atoms with Crippen molar-refractivity contribution in [1.29, 1.82) is 0 Å². The van der Waals surface area contributed by atoms with E-state index in [0.29, 0.717) is 48.0 Å². The fraction of sp³-hybridized carbons (Fsp3) is 0.500. The van der Waals surface area contributed by atoms with Crippen molar-refractivity contribution in [3.8, 4) is 16.2 Å². The Morgan fingerprint density at radius 2 is 1.58 bits per heavy atom. The number of aromatic nitrogens is 3. The van der Waals surface area contributed by atoms with E-state index in [1.807, 2.05) is 88.3 Å². The molecule has 3 aliphatic rings. The summed E-state index contributed by atoms with van der Waals surface area (Å²) in [7, 11) is 3.93. The highest BCUT2D eigenvalue weighted by Crippen LogP contribution is 2.42. The highest BCUT2D eigenvalue weighted by atomic mass is 32.1. The third kappa shape index (κ3) is 14.5. The Kier molecular flexibility index (Phi) is 19.0. The fourth-order valence-electron chi connectivity index (χ4n) is 10.4. The van der Waals surface area contributed by atoms with Crippen molar-refractivity contribution in [2.75, 3.05) is 45.7 Å². The number of likely N-dealkylation sites (N-methyl/N-ethyl adjacent to an activating group) is 1. The molecule has 7 amide bonds. The number of nitrogens with zero attached hydrogens (tertiary/aromatic N) is 5. The molecule has 434 valence electrons. The molecule has 2 aliphatic heterocycles. The molecule has 19 nitrogen and oxygen atoms in total. The highest BCUT2D eigenvalue weighted by molar-refractivity contribution is 7.13. The Morgan fingerprint density at radius 1 is 0.901 bits per heavy atom. The van der Waals surface area contributed by atoms with Gasteiger partial charge in [-0.05, 0) is 114 Å². The lowest BCUT2D eigenvalue weighted by Crippen LogP contribution is -2.60. The lowest BCUT2D eigenvalue weighted by atomic mass is 9.85. The number of halogens is 1. The van der Waals surface area contributed by atoms with Gasteiger partial charge in [-0.15, -0.1) is 11.3 Å². The van der Waals surface area contributed by atoms with Gasteiger partial charge in [0.05, 0.1) is 52.6 Å². The number of aryl methyl sites for hydroxylation is 1. The highest BCUT2D eigenvalue weighted by Gasteiger charge is 2.54. The van der Waals surface area contributed by atoms with Crippen LogP contribution in [-0.2, 0) is 33.0 Å². The average Bonchev–Trinajstić information content (AvgIpc) is 3.39. The predicted octanol–water partition coefficient (Wildman–Crippen LogP) is 7.92. The molecule has 4 heterocycles. The predicted molar refractivity (Wildman–Crippen MR) is 308 cm³/mol. The zero-order valence-corrected chi connectivity index (χ0v) is 48.6. The van der Waals surface area contributed by atoms with Gasteiger partial charge in [-0.1, -0.05) is 88.9 Å². The number of carbonyl (C=O) groups excluding carboxylic acids is 6. The summed E-state index contributed by atoms with van der Waals surface area (Å²) in [5.74, 6) is -1.62. The van der Waals surface area contributed by atoms with Crippen LogP contribution in [0.3, 0.4) is 0 Å². The number of benzene rings is 3. The van der Waals surface area contributed by atoms with Gasteiger partial charge < -0.3 is 51.1 Å². The summed E-state index contributed by atoms with van der Waals surface area (Å²) in [5.41, 5.74) is 4.07. The third-order valence-corrected chi connectivity index (χ3v) is 16.4. The fourth-order valence-corrected chi connectivity index (χ4v) is 11.2. The van der Waals surface area contributed by atoms with Crippen LogP contribution >= 0.6 is 11.3 Å². The molecule has 0 spiro atoms. The van der Waals surface area contributed by atoms with E-state index in [9.17, 15) is 38.3 Å². The number of anilines is 1. The number of unbranched alkanes of at least 4 members (excludes halogenated alkanes) is 5. The lowest BCUT2D eigenvalue weighted by molar-refractivity contribution is -0.146. The summed E-state index contributed by atoms with van der Waals surface area (Å²) in [5, 5.41) is 33.0. The first-order valence-corrected chi connectivity index (χ1v) is 28.9. The molecule has 5 aromatic rings. The van der Waals surface area contributed by atoms with Crippen molar-refractivity contribution >= 4 is 52.7 Å². The first-order valence-electron chi connectivity index (χ1n) is 28.0. The number of fused-ring (bicyclic) bond motifs is 1. The van der Waals surface area contributed by atoms with Crippen LogP contribution in [0.1, 0.15) is 147 Å². The number of amides is 7. The number of urea groups is 1. The number of nitrogens with one attached hydrogen (secondary N) is 6. The second-order valence-electron chi connectivity index (χ2n) is 23.4. The standard InChI is InChI=1S/C60H78FN11O8S/c1-37-48(81-36-64-37)41-24-25-42(33-63-54(76)47-45(73)26-30-71(47)55(77)50(58(2,3)4)66-56(78)60(61)27-28-60)46(32-41)80-31-17-12-10-9-11-16-29-62-52(74)39-20-22-40(23-21-39)53(75)67-51-43-34-72(59(5,6)49(43)68-69-51)57(79)65-44(35-70(7)8)38-18-14-13-15-19-38/h13-15,18-25,32,36,44-45,47,50,73H,9-12,16-17,26-31,33-35H2,1-8H3,(H,62,74)(H,63,76)(H,65,79)(H,66,78)(H2,67,68,69,75)/t44-,45?,47?,50?/m1/s1. The maximum Gasteiger partial charge on any atom is 0.319 e. The summed E-state index contributed by atoms with van der Waals surface area (Å²) >= 11 is 1.52. The van der Waals surface area contributed by atoms with E-state index >= 15 is 0 Å². The van der Waals surface area contributed by atoms with Crippen LogP contribution in [0.5, 0.6) is 5.75 Å². The summed E-state index contributed by atoms with van der Waals surface area (Å²) in [6, 6.07) is 19.3. The molecule has 0 bridgehead atoms. The van der Waals surface area contributed by atoms with E-state index in [1.54, 1.807) is 55.4 Å². The Labute approximate surface area is 477 Å². The van der Waals surface area contributed by atoms with Crippen LogP contribution in [0, 0.1) is 12.3 Å². The monoisotopic (exact) mass is 1130 g/mol. The molecule has 81 heavy (non-hydrogen) atoms. The molecule has 4 atom stereocenters. The Bertz CT molecular complexity index is 3040. The Hall–Kier alpha value is -7.23. The number of thiazole rings is 1. The van der Waals surface area contributed by atoms with Crippen LogP contribution < -0.4 is 31.3 Å². The van der Waals surface area contributed by atoms with Crippen molar-refractivity contribution in [2.24, 2.45) is 5.41 Å². The number of aromatic amines is 1. The van der Waals surface area contributed by atoms with Gasteiger partial charge in [0.15, 0.2) is 11.5 Å². The van der Waals surface area contributed by atoms with E-state index in [1.165, 1.54) is 16.2 Å². The van der Waals surface area contributed by atoms with Gasteiger partial charge >= 0.3 is 6.03 Å². The Balaban J connectivity index is 0.756. The Morgan fingerprint density at radius 3 is 2.23 bits per heavy atom. The SMILES string of the molecule is Cc1ncsc1-c1ccc(CNC(=O)C2C(O)CCN2C(=O)C(NC(=O)C2(F)CC2)C(C)(C)C)c(OCCCCCCCCNC(=O)c2ccc(C(=O)Nc3n[nH]c4c3CN(C(=O)N[C@H](CN(C)C)c3ccccc3)C4(C)C)cc2)c1. The molecule has 1 aliphatic carbocycles. The molecule has 3 unspecified atom stereocenters. The minimum absolute atomic E-state index is 0.0650. The summed E-state index contributed by atoms with van der Waals surface area (Å²) in [4.78, 5) is 91.3. The van der Waals surface area contributed by atoms with E-state index in [-0.39, 0.29) is 56.9 Å². The number of hydrogen-bond donors (Lipinski definition) is 7. The average molecular weight is 1130 g/mol. The van der Waals surface area contributed by atoms with Crippen LogP contribution in [0.4, 0.5) is 15.0 Å². The maximum atomic E-state index is 14.7. The van der Waals surface area contributed by atoms with E-state index in [0.717, 1.165) is 71.5 Å². The first kappa shape index (κ1) is 59.9. The van der Waals surface area contributed by atoms with Gasteiger partial charge in [0.1, 0.15) is 17.8 Å².